The number of hydrogen-bond donors (Lipinski definition) is 1. The lowest BCUT2D eigenvalue weighted by Gasteiger charge is -2.07. The summed E-state index contributed by atoms with van der Waals surface area (Å²) in [4.78, 5) is 1.06. The molecule has 0 heterocycles. The van der Waals surface area contributed by atoms with Crippen molar-refractivity contribution in [3.8, 4) is 0 Å². The van der Waals surface area contributed by atoms with Crippen LogP contribution in [0.1, 0.15) is 18.1 Å². The third kappa shape index (κ3) is 4.05. The Morgan fingerprint density at radius 1 is 1.10 bits per heavy atom. The van der Waals surface area contributed by atoms with E-state index < -0.39 is 11.6 Å². The van der Waals surface area contributed by atoms with Gasteiger partial charge < -0.3 is 5.32 Å². The Balaban J connectivity index is 2.01. The summed E-state index contributed by atoms with van der Waals surface area (Å²) in [6, 6.07) is 12.4. The molecule has 0 bridgehead atoms. The van der Waals surface area contributed by atoms with Crippen molar-refractivity contribution >= 4 is 11.8 Å². The monoisotopic (exact) mass is 293 g/mol. The summed E-state index contributed by atoms with van der Waals surface area (Å²) in [5.41, 5.74) is 1.59. The Labute approximate surface area is 122 Å². The molecule has 0 amide bonds. The van der Waals surface area contributed by atoms with Crippen molar-refractivity contribution in [2.45, 2.75) is 24.1 Å². The first kappa shape index (κ1) is 15.0. The maximum atomic E-state index is 13.6. The summed E-state index contributed by atoms with van der Waals surface area (Å²) in [5, 5.41) is 3.26. The molecule has 0 radical (unpaired) electrons. The topological polar surface area (TPSA) is 12.0 Å². The number of benzene rings is 2. The Hall–Kier alpha value is -1.39. The highest BCUT2D eigenvalue weighted by Crippen LogP contribution is 2.25. The Kier molecular flexibility index (Phi) is 5.56. The first-order valence-electron chi connectivity index (χ1n) is 6.56. The summed E-state index contributed by atoms with van der Waals surface area (Å²) < 4.78 is 26.7. The molecule has 2 aromatic rings. The molecule has 0 spiro atoms. The molecule has 0 aliphatic heterocycles. The summed E-state index contributed by atoms with van der Waals surface area (Å²) in [6.45, 7) is 3.80. The zero-order chi connectivity index (χ0) is 14.4. The average molecular weight is 293 g/mol. The third-order valence-electron chi connectivity index (χ3n) is 2.90. The molecule has 2 aromatic carbocycles. The van der Waals surface area contributed by atoms with Gasteiger partial charge in [0.1, 0.15) is 0 Å². The van der Waals surface area contributed by atoms with Gasteiger partial charge in [0.15, 0.2) is 11.6 Å². The smallest absolute Gasteiger partial charge is 0.162 e. The molecule has 0 saturated carbocycles. The van der Waals surface area contributed by atoms with Crippen LogP contribution in [0.2, 0.25) is 0 Å². The summed E-state index contributed by atoms with van der Waals surface area (Å²) in [7, 11) is 0. The molecule has 1 nitrogen and oxygen atoms in total. The molecule has 0 unspecified atom stereocenters. The standard InChI is InChI=1S/C16H17F2NS/c1-2-19-10-12-5-3-7-14(9-12)20-11-13-6-4-8-15(17)16(13)18/h3-9,19H,2,10-11H2,1H3. The van der Waals surface area contributed by atoms with E-state index in [4.69, 9.17) is 0 Å². The van der Waals surface area contributed by atoms with Crippen LogP contribution < -0.4 is 5.32 Å². The lowest BCUT2D eigenvalue weighted by molar-refractivity contribution is 0.502. The van der Waals surface area contributed by atoms with Crippen LogP contribution in [0.3, 0.4) is 0 Å². The maximum Gasteiger partial charge on any atom is 0.162 e. The molecule has 2 rings (SSSR count). The predicted molar refractivity (Wildman–Crippen MR) is 79.7 cm³/mol. The highest BCUT2D eigenvalue weighted by atomic mass is 32.2. The summed E-state index contributed by atoms with van der Waals surface area (Å²) in [5.74, 6) is -1.11. The van der Waals surface area contributed by atoms with Crippen LogP contribution in [0.5, 0.6) is 0 Å². The van der Waals surface area contributed by atoms with Crippen LogP contribution in [0.25, 0.3) is 0 Å². The van der Waals surface area contributed by atoms with Gasteiger partial charge in [0.25, 0.3) is 0 Å². The SMILES string of the molecule is CCNCc1cccc(SCc2cccc(F)c2F)c1. The Morgan fingerprint density at radius 3 is 2.70 bits per heavy atom. The minimum absolute atomic E-state index is 0.395. The second-order valence-electron chi connectivity index (χ2n) is 4.43. The zero-order valence-corrected chi connectivity index (χ0v) is 12.1. The lowest BCUT2D eigenvalue weighted by atomic mass is 10.2. The molecule has 1 N–H and O–H groups in total. The number of hydrogen-bond acceptors (Lipinski definition) is 2. The fraction of sp³-hybridized carbons (Fsp3) is 0.250. The van der Waals surface area contributed by atoms with Crippen molar-refractivity contribution in [3.05, 3.63) is 65.2 Å². The van der Waals surface area contributed by atoms with Crippen molar-refractivity contribution < 1.29 is 8.78 Å². The van der Waals surface area contributed by atoms with Crippen LogP contribution in [0.4, 0.5) is 8.78 Å². The molecular weight excluding hydrogens is 276 g/mol. The van der Waals surface area contributed by atoms with E-state index in [-0.39, 0.29) is 0 Å². The van der Waals surface area contributed by atoms with E-state index in [1.54, 1.807) is 6.07 Å². The number of thioether (sulfide) groups is 1. The fourth-order valence-corrected chi connectivity index (χ4v) is 2.79. The molecule has 20 heavy (non-hydrogen) atoms. The molecule has 0 aromatic heterocycles. The largest absolute Gasteiger partial charge is 0.313 e. The van der Waals surface area contributed by atoms with Gasteiger partial charge in [0, 0.05) is 22.8 Å². The minimum atomic E-state index is -0.788. The van der Waals surface area contributed by atoms with Crippen molar-refractivity contribution in [3.63, 3.8) is 0 Å². The molecule has 0 fully saturated rings. The van der Waals surface area contributed by atoms with Crippen LogP contribution in [-0.2, 0) is 12.3 Å². The summed E-state index contributed by atoms with van der Waals surface area (Å²) >= 11 is 1.51. The van der Waals surface area contributed by atoms with E-state index >= 15 is 0 Å². The van der Waals surface area contributed by atoms with Crippen molar-refractivity contribution in [2.75, 3.05) is 6.54 Å². The van der Waals surface area contributed by atoms with Crippen molar-refractivity contribution in [1.29, 1.82) is 0 Å². The van der Waals surface area contributed by atoms with Gasteiger partial charge in [-0.25, -0.2) is 8.78 Å². The maximum absolute atomic E-state index is 13.6. The van der Waals surface area contributed by atoms with Crippen molar-refractivity contribution in [1.82, 2.24) is 5.32 Å². The van der Waals surface area contributed by atoms with Gasteiger partial charge in [-0.1, -0.05) is 31.2 Å². The molecule has 0 aliphatic rings. The highest BCUT2D eigenvalue weighted by molar-refractivity contribution is 7.98. The zero-order valence-electron chi connectivity index (χ0n) is 11.3. The van der Waals surface area contributed by atoms with Gasteiger partial charge in [-0.3, -0.25) is 0 Å². The van der Waals surface area contributed by atoms with Gasteiger partial charge in [-0.05, 0) is 30.3 Å². The number of rotatable bonds is 6. The Bertz CT molecular complexity index is 572. The second-order valence-corrected chi connectivity index (χ2v) is 5.48. The number of nitrogens with one attached hydrogen (secondary N) is 1. The van der Waals surface area contributed by atoms with Gasteiger partial charge in [0.2, 0.25) is 0 Å². The van der Waals surface area contributed by atoms with Crippen LogP contribution in [-0.4, -0.2) is 6.54 Å². The highest BCUT2D eigenvalue weighted by Gasteiger charge is 2.07. The molecule has 4 heteroatoms. The van der Waals surface area contributed by atoms with Crippen LogP contribution >= 0.6 is 11.8 Å². The molecule has 0 atom stereocenters. The van der Waals surface area contributed by atoms with Crippen LogP contribution in [0.15, 0.2) is 47.4 Å². The normalized spacial score (nSPS) is 10.8. The fourth-order valence-electron chi connectivity index (χ4n) is 1.84. The van der Waals surface area contributed by atoms with Gasteiger partial charge in [-0.15, -0.1) is 11.8 Å². The van der Waals surface area contributed by atoms with E-state index in [0.717, 1.165) is 24.1 Å². The predicted octanol–water partition coefficient (Wildman–Crippen LogP) is 4.37. The third-order valence-corrected chi connectivity index (χ3v) is 3.95. The first-order chi connectivity index (χ1) is 9.70. The lowest BCUT2D eigenvalue weighted by Crippen LogP contribution is -2.11. The van der Waals surface area contributed by atoms with Crippen LogP contribution in [0, 0.1) is 11.6 Å². The molecule has 0 aliphatic carbocycles. The van der Waals surface area contributed by atoms with Gasteiger partial charge in [0.05, 0.1) is 0 Å². The molecule has 106 valence electrons. The molecular formula is C16H17F2NS. The average Bonchev–Trinajstić information content (AvgIpc) is 2.47. The summed E-state index contributed by atoms with van der Waals surface area (Å²) in [6.07, 6.45) is 0. The van der Waals surface area contributed by atoms with E-state index in [0.29, 0.717) is 11.3 Å². The van der Waals surface area contributed by atoms with E-state index in [9.17, 15) is 8.78 Å². The van der Waals surface area contributed by atoms with E-state index in [1.165, 1.54) is 23.4 Å². The quantitative estimate of drug-likeness (QED) is 0.794. The second kappa shape index (κ2) is 7.41. The Morgan fingerprint density at radius 2 is 1.90 bits per heavy atom. The van der Waals surface area contributed by atoms with Crippen molar-refractivity contribution in [2.24, 2.45) is 0 Å². The van der Waals surface area contributed by atoms with E-state index in [2.05, 4.69) is 24.4 Å². The van der Waals surface area contributed by atoms with E-state index in [1.807, 2.05) is 12.1 Å². The number of halogens is 2. The van der Waals surface area contributed by atoms with Gasteiger partial charge in [-0.2, -0.15) is 0 Å². The first-order valence-corrected chi connectivity index (χ1v) is 7.54. The molecule has 0 saturated heterocycles. The minimum Gasteiger partial charge on any atom is -0.313 e. The van der Waals surface area contributed by atoms with Gasteiger partial charge >= 0.3 is 0 Å².